The lowest BCUT2D eigenvalue weighted by Gasteiger charge is -2.38. The lowest BCUT2D eigenvalue weighted by Crippen LogP contribution is -2.60. The van der Waals surface area contributed by atoms with E-state index in [1.807, 2.05) is 13.8 Å². The number of hydrogen-bond acceptors (Lipinski definition) is 4. The van der Waals surface area contributed by atoms with Crippen LogP contribution in [0.25, 0.3) is 0 Å². The number of guanidine groups is 1. The maximum Gasteiger partial charge on any atom is 0.331 e. The average molecular weight is 340 g/mol. The second-order valence-corrected chi connectivity index (χ2v) is 5.83. The van der Waals surface area contributed by atoms with Crippen molar-refractivity contribution in [3.05, 3.63) is 11.6 Å². The predicted molar refractivity (Wildman–Crippen MR) is 91.7 cm³/mol. The highest BCUT2D eigenvalue weighted by Crippen LogP contribution is 2.24. The van der Waals surface area contributed by atoms with E-state index in [0.717, 1.165) is 12.8 Å². The molecule has 0 aromatic rings. The number of amides is 1. The number of nitrogens with zero attached hydrogens (tertiary/aromatic N) is 1. The van der Waals surface area contributed by atoms with E-state index in [0.29, 0.717) is 0 Å². The summed E-state index contributed by atoms with van der Waals surface area (Å²) in [5, 5.41) is 15.2. The Labute approximate surface area is 142 Å². The first kappa shape index (κ1) is 20.0. The zero-order chi connectivity index (χ0) is 18.3. The van der Waals surface area contributed by atoms with E-state index < -0.39 is 24.2 Å². The Morgan fingerprint density at radius 3 is 2.50 bits per heavy atom. The maximum atomic E-state index is 11.6. The fraction of sp³-hybridized carbons (Fsp3) is 0.688. The van der Waals surface area contributed by atoms with Crippen LogP contribution in [0.4, 0.5) is 0 Å². The number of hydrogen-bond donors (Lipinski definition) is 4. The fourth-order valence-electron chi connectivity index (χ4n) is 2.76. The summed E-state index contributed by atoms with van der Waals surface area (Å²) in [6, 6.07) is -0.862. The van der Waals surface area contributed by atoms with E-state index in [9.17, 15) is 14.7 Å². The van der Waals surface area contributed by atoms with Crippen molar-refractivity contribution in [2.75, 3.05) is 7.05 Å². The van der Waals surface area contributed by atoms with Gasteiger partial charge in [-0.2, -0.15) is 0 Å². The summed E-state index contributed by atoms with van der Waals surface area (Å²) in [5.74, 6) is -1.04. The van der Waals surface area contributed by atoms with Gasteiger partial charge >= 0.3 is 5.97 Å². The smallest absolute Gasteiger partial charge is 0.331 e. The van der Waals surface area contributed by atoms with Gasteiger partial charge in [0.15, 0.2) is 5.96 Å². The molecule has 5 N–H and O–H groups in total. The molecule has 8 heteroatoms. The van der Waals surface area contributed by atoms with Gasteiger partial charge in [0, 0.05) is 26.0 Å². The number of carboxylic acid groups (broad SMARTS) is 1. The molecule has 3 atom stereocenters. The highest BCUT2D eigenvalue weighted by atomic mass is 16.5. The molecule has 0 bridgehead atoms. The van der Waals surface area contributed by atoms with Crippen molar-refractivity contribution in [1.29, 1.82) is 0 Å². The first-order chi connectivity index (χ1) is 11.3. The minimum absolute atomic E-state index is 0.0199. The number of carbonyl (C=O) groups excluding carboxylic acids is 1. The highest BCUT2D eigenvalue weighted by molar-refractivity contribution is 5.87. The lowest BCUT2D eigenvalue weighted by atomic mass is 9.87. The minimum Gasteiger partial charge on any atom is -0.478 e. The monoisotopic (exact) mass is 340 g/mol. The number of nitrogens with two attached hydrogens (primary N) is 1. The third kappa shape index (κ3) is 5.52. The van der Waals surface area contributed by atoms with Crippen molar-refractivity contribution in [2.45, 2.75) is 64.3 Å². The number of ether oxygens (including phenoxy) is 1. The molecule has 0 saturated carbocycles. The molecule has 1 aliphatic carbocycles. The van der Waals surface area contributed by atoms with Gasteiger partial charge in [-0.05, 0) is 18.9 Å². The fourth-order valence-corrected chi connectivity index (χ4v) is 2.76. The van der Waals surface area contributed by atoms with Crippen molar-refractivity contribution in [2.24, 2.45) is 10.7 Å². The van der Waals surface area contributed by atoms with E-state index in [1.54, 1.807) is 6.08 Å². The van der Waals surface area contributed by atoms with Gasteiger partial charge in [0.1, 0.15) is 0 Å². The van der Waals surface area contributed by atoms with Crippen LogP contribution in [0.1, 0.15) is 40.0 Å². The lowest BCUT2D eigenvalue weighted by molar-refractivity contribution is -0.133. The normalized spacial score (nSPS) is 24.5. The summed E-state index contributed by atoms with van der Waals surface area (Å²) in [7, 11) is 1.53. The van der Waals surface area contributed by atoms with Gasteiger partial charge in [0.25, 0.3) is 0 Å². The summed E-state index contributed by atoms with van der Waals surface area (Å²) in [6.45, 7) is 5.42. The quantitative estimate of drug-likeness (QED) is 0.392. The number of carboxylic acids is 1. The first-order valence-corrected chi connectivity index (χ1v) is 8.17. The topological polar surface area (TPSA) is 126 Å². The zero-order valence-electron chi connectivity index (χ0n) is 14.7. The highest BCUT2D eigenvalue weighted by Gasteiger charge is 2.37. The Hall–Kier alpha value is -2.09. The molecule has 1 aliphatic rings. The molecule has 0 aromatic carbocycles. The predicted octanol–water partition coefficient (Wildman–Crippen LogP) is 0.382. The number of aliphatic carboxylic acids is 1. The van der Waals surface area contributed by atoms with E-state index >= 15 is 0 Å². The van der Waals surface area contributed by atoms with E-state index in [1.165, 1.54) is 14.0 Å². The molecule has 0 heterocycles. The molecule has 0 aliphatic heterocycles. The van der Waals surface area contributed by atoms with Crippen LogP contribution in [0.15, 0.2) is 16.6 Å². The minimum atomic E-state index is -1.01. The zero-order valence-corrected chi connectivity index (χ0v) is 14.7. The molecule has 8 nitrogen and oxygen atoms in total. The molecular formula is C16H28N4O4. The van der Waals surface area contributed by atoms with E-state index in [-0.39, 0.29) is 30.0 Å². The summed E-state index contributed by atoms with van der Waals surface area (Å²) in [6.07, 6.45) is 2.81. The Morgan fingerprint density at radius 1 is 1.42 bits per heavy atom. The maximum absolute atomic E-state index is 11.6. The summed E-state index contributed by atoms with van der Waals surface area (Å²) in [4.78, 5) is 26.9. The Morgan fingerprint density at radius 2 is 2.04 bits per heavy atom. The largest absolute Gasteiger partial charge is 0.478 e. The van der Waals surface area contributed by atoms with Crippen molar-refractivity contribution in [3.8, 4) is 0 Å². The number of nitrogens with one attached hydrogen (secondary N) is 2. The van der Waals surface area contributed by atoms with Crippen molar-refractivity contribution < 1.29 is 19.4 Å². The summed E-state index contributed by atoms with van der Waals surface area (Å²) < 4.78 is 6.05. The van der Waals surface area contributed by atoms with Gasteiger partial charge in [-0.3, -0.25) is 9.79 Å². The van der Waals surface area contributed by atoms with Crippen molar-refractivity contribution in [1.82, 2.24) is 10.6 Å². The van der Waals surface area contributed by atoms with Gasteiger partial charge in [-0.25, -0.2) is 4.79 Å². The van der Waals surface area contributed by atoms with Crippen LogP contribution in [-0.4, -0.2) is 54.3 Å². The second kappa shape index (κ2) is 9.27. The molecule has 1 rings (SSSR count). The molecule has 0 spiro atoms. The Bertz CT molecular complexity index is 514. The molecule has 0 fully saturated rings. The van der Waals surface area contributed by atoms with Crippen molar-refractivity contribution >= 4 is 17.8 Å². The molecule has 136 valence electrons. The van der Waals surface area contributed by atoms with E-state index in [2.05, 4.69) is 15.6 Å². The van der Waals surface area contributed by atoms with Gasteiger partial charge in [0.05, 0.1) is 24.3 Å². The standard InChI is InChI=1S/C16H28N4O4/c1-5-11(6-2)24-13-8-10(15(22)23)7-12(20-16(17)18-4)14(13)19-9(3)21/h8,11-14H,5-7H2,1-4H3,(H,19,21)(H,22,23)(H3,17,18,20)/t12-,13+,14+/m0/s1. The van der Waals surface area contributed by atoms with Crippen LogP contribution >= 0.6 is 0 Å². The third-order valence-corrected chi connectivity index (χ3v) is 4.07. The van der Waals surface area contributed by atoms with Crippen LogP contribution < -0.4 is 16.4 Å². The summed E-state index contributed by atoms with van der Waals surface area (Å²) >= 11 is 0. The molecule has 24 heavy (non-hydrogen) atoms. The Kier molecular flexibility index (Phi) is 7.70. The molecule has 1 amide bonds. The van der Waals surface area contributed by atoms with Gasteiger partial charge in [-0.15, -0.1) is 0 Å². The number of carbonyl (C=O) groups is 2. The van der Waals surface area contributed by atoms with Crippen molar-refractivity contribution in [3.63, 3.8) is 0 Å². The van der Waals surface area contributed by atoms with Gasteiger partial charge in [0.2, 0.25) is 5.91 Å². The second-order valence-electron chi connectivity index (χ2n) is 5.83. The van der Waals surface area contributed by atoms with Gasteiger partial charge < -0.3 is 26.2 Å². The number of rotatable bonds is 7. The van der Waals surface area contributed by atoms with Crippen LogP contribution in [0.3, 0.4) is 0 Å². The SMILES string of the molecule is CCC(CC)O[C@@H]1C=C(C(=O)O)C[C@H](NC(N)=NC)[C@H]1NC(C)=O. The molecule has 0 aromatic heterocycles. The first-order valence-electron chi connectivity index (χ1n) is 8.17. The molecule has 0 radical (unpaired) electrons. The average Bonchev–Trinajstić information content (AvgIpc) is 2.53. The van der Waals surface area contributed by atoms with Crippen LogP contribution in [0, 0.1) is 0 Å². The van der Waals surface area contributed by atoms with Crippen LogP contribution in [0.5, 0.6) is 0 Å². The van der Waals surface area contributed by atoms with E-state index in [4.69, 9.17) is 10.5 Å². The van der Waals surface area contributed by atoms with Gasteiger partial charge in [-0.1, -0.05) is 13.8 Å². The third-order valence-electron chi connectivity index (χ3n) is 4.07. The molecule has 0 saturated heterocycles. The summed E-state index contributed by atoms with van der Waals surface area (Å²) in [5.41, 5.74) is 5.97. The van der Waals surface area contributed by atoms with Crippen LogP contribution in [-0.2, 0) is 14.3 Å². The Balaban J connectivity index is 3.16. The molecular weight excluding hydrogens is 312 g/mol. The number of aliphatic imine (C=N–C) groups is 1. The molecule has 0 unspecified atom stereocenters. The van der Waals surface area contributed by atoms with Crippen LogP contribution in [0.2, 0.25) is 0 Å².